The Hall–Kier alpha value is -3.29. The summed E-state index contributed by atoms with van der Waals surface area (Å²) in [5.41, 5.74) is 3.73. The molecule has 4 rings (SSSR count). The molecule has 3 aromatic carbocycles. The van der Waals surface area contributed by atoms with Gasteiger partial charge in [-0.3, -0.25) is 9.52 Å². The Morgan fingerprint density at radius 3 is 2.24 bits per heavy atom. The Bertz CT molecular complexity index is 1180. The van der Waals surface area contributed by atoms with E-state index in [4.69, 9.17) is 4.74 Å². The molecule has 0 aliphatic rings. The summed E-state index contributed by atoms with van der Waals surface area (Å²) in [6, 6.07) is 28.3. The normalized spacial score (nSPS) is 10.6. The second kappa shape index (κ2) is 11.0. The highest BCUT2D eigenvalue weighted by molar-refractivity contribution is 7.97. The molecular formula is C26H25N3O2S2. The summed E-state index contributed by atoms with van der Waals surface area (Å²) in [4.78, 5) is 20.1. The van der Waals surface area contributed by atoms with E-state index >= 15 is 0 Å². The summed E-state index contributed by atoms with van der Waals surface area (Å²) in [6.45, 7) is 3.09. The zero-order valence-electron chi connectivity index (χ0n) is 18.5. The molecule has 33 heavy (non-hydrogen) atoms. The second-order valence-electron chi connectivity index (χ2n) is 7.38. The maximum absolute atomic E-state index is 12.4. The van der Waals surface area contributed by atoms with Gasteiger partial charge in [0.1, 0.15) is 18.1 Å². The van der Waals surface area contributed by atoms with E-state index in [1.807, 2.05) is 86.0 Å². The molecule has 0 fully saturated rings. The highest BCUT2D eigenvalue weighted by atomic mass is 32.2. The average Bonchev–Trinajstić information content (AvgIpc) is 3.24. The lowest BCUT2D eigenvalue weighted by Gasteiger charge is -2.22. The highest BCUT2D eigenvalue weighted by Gasteiger charge is 2.20. The van der Waals surface area contributed by atoms with Crippen LogP contribution < -0.4 is 14.4 Å². The summed E-state index contributed by atoms with van der Waals surface area (Å²) in [6.07, 6.45) is 1.82. The van der Waals surface area contributed by atoms with Crippen molar-refractivity contribution in [1.82, 2.24) is 9.71 Å². The van der Waals surface area contributed by atoms with Crippen molar-refractivity contribution in [3.8, 4) is 5.75 Å². The predicted molar refractivity (Wildman–Crippen MR) is 137 cm³/mol. The molecule has 0 radical (unpaired) electrons. The zero-order valence-corrected chi connectivity index (χ0v) is 20.2. The van der Waals surface area contributed by atoms with Gasteiger partial charge in [-0.15, -0.1) is 11.3 Å². The summed E-state index contributed by atoms with van der Waals surface area (Å²) in [5, 5.41) is 0.778. The Kier molecular flexibility index (Phi) is 7.65. The fourth-order valence-electron chi connectivity index (χ4n) is 3.35. The quantitative estimate of drug-likeness (QED) is 0.285. The molecule has 1 heterocycles. The number of ether oxygens (including phenoxy) is 1. The van der Waals surface area contributed by atoms with Crippen molar-refractivity contribution >= 4 is 40.0 Å². The van der Waals surface area contributed by atoms with Gasteiger partial charge in [-0.2, -0.15) is 0 Å². The number of benzene rings is 3. The average molecular weight is 476 g/mol. The van der Waals surface area contributed by atoms with Gasteiger partial charge < -0.3 is 9.64 Å². The van der Waals surface area contributed by atoms with E-state index < -0.39 is 0 Å². The Labute approximate surface area is 202 Å². The Balaban J connectivity index is 1.58. The molecule has 0 saturated heterocycles. The van der Waals surface area contributed by atoms with Gasteiger partial charge in [-0.1, -0.05) is 72.6 Å². The minimum absolute atomic E-state index is 0.174. The molecular weight excluding hydrogens is 450 g/mol. The van der Waals surface area contributed by atoms with Crippen LogP contribution in [0.4, 0.5) is 10.8 Å². The molecule has 0 aliphatic heterocycles. The molecule has 4 aromatic rings. The number of hydrogen-bond acceptors (Lipinski definition) is 6. The number of thiazole rings is 1. The number of carbonyl (C=O) groups excluding carboxylic acids is 1. The third-order valence-corrected chi connectivity index (χ3v) is 6.39. The standard InChI is InChI=1S/C26H25N3O2S2/c1-19-24(25(30)28-32-2)27-26(33-19)29(17-20-9-5-3-6-10-20)22-13-15-23(16-14-22)31-18-21-11-7-4-8-12-21/h3-16H,17-18H2,1-2H3,(H,28,30). The van der Waals surface area contributed by atoms with Crippen LogP contribution in [0.1, 0.15) is 26.5 Å². The van der Waals surface area contributed by atoms with Crippen LogP contribution in [0.3, 0.4) is 0 Å². The van der Waals surface area contributed by atoms with Crippen molar-refractivity contribution in [2.45, 2.75) is 20.1 Å². The van der Waals surface area contributed by atoms with E-state index in [0.29, 0.717) is 18.8 Å². The third-order valence-electron chi connectivity index (χ3n) is 5.01. The van der Waals surface area contributed by atoms with E-state index in [1.54, 1.807) is 0 Å². The number of amides is 1. The van der Waals surface area contributed by atoms with Gasteiger partial charge in [-0.05, 0) is 42.3 Å². The van der Waals surface area contributed by atoms with Crippen LogP contribution in [0, 0.1) is 6.92 Å². The first-order valence-electron chi connectivity index (χ1n) is 10.5. The molecule has 168 valence electrons. The largest absolute Gasteiger partial charge is 0.489 e. The number of aromatic nitrogens is 1. The van der Waals surface area contributed by atoms with Gasteiger partial charge in [0.25, 0.3) is 5.91 Å². The van der Waals surface area contributed by atoms with Gasteiger partial charge >= 0.3 is 0 Å². The van der Waals surface area contributed by atoms with Crippen LogP contribution in [0.25, 0.3) is 0 Å². The molecule has 1 aromatic heterocycles. The van der Waals surface area contributed by atoms with Crippen molar-refractivity contribution in [2.24, 2.45) is 0 Å². The number of anilines is 2. The monoisotopic (exact) mass is 475 g/mol. The fourth-order valence-corrected chi connectivity index (χ4v) is 4.56. The summed E-state index contributed by atoms with van der Waals surface area (Å²) < 4.78 is 8.71. The minimum atomic E-state index is -0.174. The number of nitrogens with one attached hydrogen (secondary N) is 1. The van der Waals surface area contributed by atoms with Crippen molar-refractivity contribution in [2.75, 3.05) is 11.2 Å². The molecule has 0 atom stereocenters. The SMILES string of the molecule is CSNC(=O)c1nc(N(Cc2ccccc2)c2ccc(OCc3ccccc3)cc2)sc1C. The third kappa shape index (κ3) is 5.94. The molecule has 0 unspecified atom stereocenters. The number of hydrogen-bond donors (Lipinski definition) is 1. The number of nitrogens with zero attached hydrogens (tertiary/aromatic N) is 2. The first kappa shape index (κ1) is 22.9. The maximum Gasteiger partial charge on any atom is 0.280 e. The van der Waals surface area contributed by atoms with E-state index in [1.165, 1.54) is 23.3 Å². The Morgan fingerprint density at radius 2 is 1.61 bits per heavy atom. The van der Waals surface area contributed by atoms with E-state index in [0.717, 1.165) is 32.6 Å². The molecule has 5 nitrogen and oxygen atoms in total. The molecule has 1 amide bonds. The first-order chi connectivity index (χ1) is 16.1. The smallest absolute Gasteiger partial charge is 0.280 e. The van der Waals surface area contributed by atoms with Crippen LogP contribution >= 0.6 is 23.3 Å². The van der Waals surface area contributed by atoms with Gasteiger partial charge in [-0.25, -0.2) is 4.98 Å². The molecule has 0 bridgehead atoms. The van der Waals surface area contributed by atoms with E-state index in [2.05, 4.69) is 26.7 Å². The number of rotatable bonds is 9. The maximum atomic E-state index is 12.4. The summed E-state index contributed by atoms with van der Waals surface area (Å²) in [5.74, 6) is 0.629. The zero-order chi connectivity index (χ0) is 23.0. The Morgan fingerprint density at radius 1 is 0.970 bits per heavy atom. The van der Waals surface area contributed by atoms with Crippen LogP contribution in [-0.4, -0.2) is 17.1 Å². The fraction of sp³-hybridized carbons (Fsp3) is 0.154. The molecule has 0 aliphatic carbocycles. The van der Waals surface area contributed by atoms with Gasteiger partial charge in [0.15, 0.2) is 5.13 Å². The predicted octanol–water partition coefficient (Wildman–Crippen LogP) is 6.38. The number of carbonyl (C=O) groups is 1. The lowest BCUT2D eigenvalue weighted by molar-refractivity contribution is 0.0980. The molecule has 0 saturated carbocycles. The molecule has 0 spiro atoms. The van der Waals surface area contributed by atoms with Crippen LogP contribution in [0.5, 0.6) is 5.75 Å². The van der Waals surface area contributed by atoms with Crippen molar-refractivity contribution in [3.63, 3.8) is 0 Å². The number of aryl methyl sites for hydroxylation is 1. The van der Waals surface area contributed by atoms with Crippen molar-refractivity contribution in [3.05, 3.63) is 107 Å². The van der Waals surface area contributed by atoms with Crippen LogP contribution in [-0.2, 0) is 13.2 Å². The van der Waals surface area contributed by atoms with Gasteiger partial charge in [0.2, 0.25) is 0 Å². The summed E-state index contributed by atoms with van der Waals surface area (Å²) in [7, 11) is 0. The van der Waals surface area contributed by atoms with Crippen molar-refractivity contribution in [1.29, 1.82) is 0 Å². The first-order valence-corrected chi connectivity index (χ1v) is 12.6. The molecule has 7 heteroatoms. The van der Waals surface area contributed by atoms with E-state index in [-0.39, 0.29) is 5.91 Å². The summed E-state index contributed by atoms with van der Waals surface area (Å²) >= 11 is 2.79. The van der Waals surface area contributed by atoms with Crippen LogP contribution in [0.2, 0.25) is 0 Å². The minimum Gasteiger partial charge on any atom is -0.489 e. The molecule has 1 N–H and O–H groups in total. The second-order valence-corrected chi connectivity index (χ2v) is 9.17. The van der Waals surface area contributed by atoms with Gasteiger partial charge in [0.05, 0.1) is 6.54 Å². The van der Waals surface area contributed by atoms with E-state index in [9.17, 15) is 4.79 Å². The van der Waals surface area contributed by atoms with Crippen molar-refractivity contribution < 1.29 is 9.53 Å². The lowest BCUT2D eigenvalue weighted by atomic mass is 10.2. The highest BCUT2D eigenvalue weighted by Crippen LogP contribution is 2.34. The van der Waals surface area contributed by atoms with Gasteiger partial charge in [0, 0.05) is 16.8 Å². The van der Waals surface area contributed by atoms with Crippen LogP contribution in [0.15, 0.2) is 84.9 Å². The topological polar surface area (TPSA) is 54.5 Å². The lowest BCUT2D eigenvalue weighted by Crippen LogP contribution is -2.19.